The number of hydrogen-bond acceptors (Lipinski definition) is 2. The van der Waals surface area contributed by atoms with Crippen molar-refractivity contribution < 1.29 is 4.79 Å². The van der Waals surface area contributed by atoms with E-state index in [0.717, 1.165) is 0 Å². The second-order valence-corrected chi connectivity index (χ2v) is 5.08. The summed E-state index contributed by atoms with van der Waals surface area (Å²) < 4.78 is 1.73. The number of benzene rings is 1. The largest absolute Gasteiger partial charge is 0.323 e. The van der Waals surface area contributed by atoms with E-state index in [1.165, 1.54) is 4.57 Å². The Bertz CT molecular complexity index is 670. The van der Waals surface area contributed by atoms with Crippen molar-refractivity contribution in [2.45, 2.75) is 6.54 Å². The minimum atomic E-state index is -0.312. The fourth-order valence-corrected chi connectivity index (χ4v) is 2.10. The fourth-order valence-electron chi connectivity index (χ4n) is 1.54. The Morgan fingerprint density at radius 3 is 2.74 bits per heavy atom. The third-order valence-electron chi connectivity index (χ3n) is 2.44. The Hall–Kier alpha value is -1.59. The topological polar surface area (TPSA) is 51.1 Å². The second kappa shape index (κ2) is 6.04. The summed E-state index contributed by atoms with van der Waals surface area (Å²) in [7, 11) is 0. The molecular formula is C13H10BrClN2O2. The van der Waals surface area contributed by atoms with Gasteiger partial charge in [-0.1, -0.05) is 23.7 Å². The molecular weight excluding hydrogens is 332 g/mol. The fraction of sp³-hybridized carbons (Fsp3) is 0.0769. The zero-order valence-electron chi connectivity index (χ0n) is 9.77. The number of amides is 1. The summed E-state index contributed by atoms with van der Waals surface area (Å²) in [4.78, 5) is 23.6. The van der Waals surface area contributed by atoms with Crippen molar-refractivity contribution in [1.29, 1.82) is 0 Å². The van der Waals surface area contributed by atoms with Gasteiger partial charge in [0.15, 0.2) is 0 Å². The lowest BCUT2D eigenvalue weighted by molar-refractivity contribution is -0.116. The number of hydrogen-bond donors (Lipinski definition) is 1. The molecule has 0 aliphatic heterocycles. The van der Waals surface area contributed by atoms with Gasteiger partial charge in [0.1, 0.15) is 6.54 Å². The predicted octanol–water partition coefficient (Wildman–Crippen LogP) is 2.90. The van der Waals surface area contributed by atoms with Crippen LogP contribution in [0.5, 0.6) is 0 Å². The summed E-state index contributed by atoms with van der Waals surface area (Å²) in [6.45, 7) is -0.0660. The molecule has 0 bridgehead atoms. The van der Waals surface area contributed by atoms with Crippen LogP contribution < -0.4 is 10.9 Å². The van der Waals surface area contributed by atoms with Crippen LogP contribution >= 0.6 is 27.5 Å². The number of nitrogens with one attached hydrogen (secondary N) is 1. The van der Waals surface area contributed by atoms with Crippen LogP contribution in [0.4, 0.5) is 5.69 Å². The summed E-state index contributed by atoms with van der Waals surface area (Å²) >= 11 is 9.07. The van der Waals surface area contributed by atoms with Crippen LogP contribution in [0, 0.1) is 0 Å². The van der Waals surface area contributed by atoms with Crippen molar-refractivity contribution in [2.24, 2.45) is 0 Å². The average Bonchev–Trinajstić information content (AvgIpc) is 2.38. The first-order valence-electron chi connectivity index (χ1n) is 5.47. The molecule has 0 unspecified atom stereocenters. The zero-order chi connectivity index (χ0) is 13.8. The molecule has 1 aromatic heterocycles. The Morgan fingerprint density at radius 2 is 2.00 bits per heavy atom. The number of anilines is 1. The SMILES string of the molecule is O=C(Cn1cccc(Br)c1=O)Nc1ccccc1Cl. The Labute approximate surface area is 123 Å². The minimum Gasteiger partial charge on any atom is -0.323 e. The van der Waals surface area contributed by atoms with E-state index in [4.69, 9.17) is 11.6 Å². The first-order chi connectivity index (χ1) is 9.08. The molecule has 1 N–H and O–H groups in total. The van der Waals surface area contributed by atoms with Gasteiger partial charge in [0.05, 0.1) is 15.2 Å². The molecule has 1 heterocycles. The molecule has 0 aliphatic rings. The number of rotatable bonds is 3. The maximum atomic E-state index is 11.9. The predicted molar refractivity (Wildman–Crippen MR) is 78.5 cm³/mol. The van der Waals surface area contributed by atoms with Gasteiger partial charge in [-0.2, -0.15) is 0 Å². The molecule has 0 saturated carbocycles. The molecule has 0 radical (unpaired) electrons. The van der Waals surface area contributed by atoms with Gasteiger partial charge < -0.3 is 9.88 Å². The number of carbonyl (C=O) groups is 1. The number of para-hydroxylation sites is 1. The van der Waals surface area contributed by atoms with Crippen LogP contribution in [0.1, 0.15) is 0 Å². The molecule has 0 fully saturated rings. The van der Waals surface area contributed by atoms with Crippen molar-refractivity contribution in [1.82, 2.24) is 4.57 Å². The highest BCUT2D eigenvalue weighted by atomic mass is 79.9. The Kier molecular flexibility index (Phi) is 4.39. The molecule has 1 amide bonds. The Morgan fingerprint density at radius 1 is 1.26 bits per heavy atom. The van der Waals surface area contributed by atoms with Crippen LogP contribution in [-0.4, -0.2) is 10.5 Å². The highest BCUT2D eigenvalue weighted by molar-refractivity contribution is 9.10. The first-order valence-corrected chi connectivity index (χ1v) is 6.64. The average molecular weight is 342 g/mol. The lowest BCUT2D eigenvalue weighted by Gasteiger charge is -2.08. The number of carbonyl (C=O) groups excluding carboxylic acids is 1. The number of pyridine rings is 1. The smallest absolute Gasteiger partial charge is 0.265 e. The molecule has 0 atom stereocenters. The molecule has 98 valence electrons. The van der Waals surface area contributed by atoms with E-state index in [1.807, 2.05) is 0 Å². The van der Waals surface area contributed by atoms with E-state index in [0.29, 0.717) is 15.2 Å². The van der Waals surface area contributed by atoms with E-state index in [-0.39, 0.29) is 18.0 Å². The number of halogens is 2. The second-order valence-electron chi connectivity index (χ2n) is 3.82. The lowest BCUT2D eigenvalue weighted by Crippen LogP contribution is -2.27. The highest BCUT2D eigenvalue weighted by Gasteiger charge is 2.08. The third-order valence-corrected chi connectivity index (χ3v) is 3.37. The lowest BCUT2D eigenvalue weighted by atomic mass is 10.3. The van der Waals surface area contributed by atoms with Crippen molar-refractivity contribution in [3.05, 3.63) is 62.4 Å². The molecule has 19 heavy (non-hydrogen) atoms. The van der Waals surface area contributed by atoms with Gasteiger partial charge in [-0.25, -0.2) is 0 Å². The molecule has 0 saturated heterocycles. The molecule has 2 rings (SSSR count). The van der Waals surface area contributed by atoms with Crippen molar-refractivity contribution in [2.75, 3.05) is 5.32 Å². The quantitative estimate of drug-likeness (QED) is 0.933. The van der Waals surface area contributed by atoms with E-state index in [9.17, 15) is 9.59 Å². The summed E-state index contributed by atoms with van der Waals surface area (Å²) in [5, 5.41) is 3.12. The van der Waals surface area contributed by atoms with Gasteiger partial charge >= 0.3 is 0 Å². The van der Waals surface area contributed by atoms with Crippen LogP contribution in [-0.2, 0) is 11.3 Å². The Balaban J connectivity index is 2.12. The van der Waals surface area contributed by atoms with Gasteiger partial charge in [-0.3, -0.25) is 9.59 Å². The van der Waals surface area contributed by atoms with Crippen LogP contribution in [0.15, 0.2) is 51.9 Å². The van der Waals surface area contributed by atoms with E-state index in [1.54, 1.807) is 42.6 Å². The maximum absolute atomic E-state index is 11.9. The monoisotopic (exact) mass is 340 g/mol. The maximum Gasteiger partial charge on any atom is 0.265 e. The molecule has 6 heteroatoms. The van der Waals surface area contributed by atoms with Crippen molar-refractivity contribution >= 4 is 39.1 Å². The number of nitrogens with zero attached hydrogens (tertiary/aromatic N) is 1. The summed E-state index contributed by atoms with van der Waals surface area (Å²) in [6, 6.07) is 10.2. The third kappa shape index (κ3) is 3.45. The first kappa shape index (κ1) is 13.8. The summed E-state index contributed by atoms with van der Waals surface area (Å²) in [6.07, 6.45) is 1.55. The van der Waals surface area contributed by atoms with Crippen LogP contribution in [0.3, 0.4) is 0 Å². The highest BCUT2D eigenvalue weighted by Crippen LogP contribution is 2.20. The normalized spacial score (nSPS) is 10.2. The molecule has 2 aromatic rings. The van der Waals surface area contributed by atoms with Crippen molar-refractivity contribution in [3.8, 4) is 0 Å². The van der Waals surface area contributed by atoms with E-state index >= 15 is 0 Å². The van der Waals surface area contributed by atoms with Gasteiger partial charge in [0, 0.05) is 6.20 Å². The van der Waals surface area contributed by atoms with E-state index < -0.39 is 0 Å². The van der Waals surface area contributed by atoms with E-state index in [2.05, 4.69) is 21.2 Å². The molecule has 4 nitrogen and oxygen atoms in total. The molecule has 1 aromatic carbocycles. The zero-order valence-corrected chi connectivity index (χ0v) is 12.1. The van der Waals surface area contributed by atoms with Crippen LogP contribution in [0.25, 0.3) is 0 Å². The van der Waals surface area contributed by atoms with Crippen molar-refractivity contribution in [3.63, 3.8) is 0 Å². The van der Waals surface area contributed by atoms with Gasteiger partial charge in [0.25, 0.3) is 5.56 Å². The number of aromatic nitrogens is 1. The van der Waals surface area contributed by atoms with Crippen LogP contribution in [0.2, 0.25) is 5.02 Å². The van der Waals surface area contributed by atoms with Gasteiger partial charge in [-0.15, -0.1) is 0 Å². The molecule has 0 spiro atoms. The summed E-state index contributed by atoms with van der Waals surface area (Å²) in [5.74, 6) is -0.312. The summed E-state index contributed by atoms with van der Waals surface area (Å²) in [5.41, 5.74) is 0.272. The standard InChI is InChI=1S/C13H10BrClN2O2/c14-9-4-3-7-17(13(9)19)8-12(18)16-11-6-2-1-5-10(11)15/h1-7H,8H2,(H,16,18). The van der Waals surface area contributed by atoms with Gasteiger partial charge in [0.2, 0.25) is 5.91 Å². The molecule has 0 aliphatic carbocycles. The van der Waals surface area contributed by atoms with Gasteiger partial charge in [-0.05, 0) is 40.2 Å². The minimum absolute atomic E-state index is 0.0660.